The number of urea groups is 1. The number of ether oxygens (including phenoxy) is 2. The van der Waals surface area contributed by atoms with E-state index in [4.69, 9.17) is 9.47 Å². The Labute approximate surface area is 119 Å². The van der Waals surface area contributed by atoms with Crippen LogP contribution in [0.5, 0.6) is 0 Å². The highest BCUT2D eigenvalue weighted by atomic mass is 16.5. The van der Waals surface area contributed by atoms with Crippen molar-refractivity contribution in [2.45, 2.75) is 25.4 Å². The van der Waals surface area contributed by atoms with Gasteiger partial charge in [0.05, 0.1) is 12.7 Å². The van der Waals surface area contributed by atoms with Gasteiger partial charge in [-0.15, -0.1) is 0 Å². The van der Waals surface area contributed by atoms with Gasteiger partial charge in [-0.2, -0.15) is 0 Å². The molecule has 1 aromatic rings. The maximum Gasteiger partial charge on any atom is 0.319 e. The van der Waals surface area contributed by atoms with E-state index in [0.29, 0.717) is 19.8 Å². The van der Waals surface area contributed by atoms with Crippen molar-refractivity contribution in [2.24, 2.45) is 0 Å². The molecule has 0 spiro atoms. The summed E-state index contributed by atoms with van der Waals surface area (Å²) < 4.78 is 11.0. The van der Waals surface area contributed by atoms with Crippen LogP contribution in [0.4, 0.5) is 10.5 Å². The summed E-state index contributed by atoms with van der Waals surface area (Å²) in [5.41, 5.74) is 0.791. The number of anilines is 1. The summed E-state index contributed by atoms with van der Waals surface area (Å²) >= 11 is 0. The first-order valence-electron chi connectivity index (χ1n) is 7.14. The van der Waals surface area contributed by atoms with E-state index in [9.17, 15) is 4.79 Å². The van der Waals surface area contributed by atoms with Crippen LogP contribution in [-0.4, -0.2) is 38.5 Å². The second-order valence-electron chi connectivity index (χ2n) is 4.81. The highest BCUT2D eigenvalue weighted by Gasteiger charge is 2.14. The van der Waals surface area contributed by atoms with Crippen LogP contribution in [0.3, 0.4) is 0 Å². The topological polar surface area (TPSA) is 59.6 Å². The van der Waals surface area contributed by atoms with Gasteiger partial charge in [0.15, 0.2) is 0 Å². The number of rotatable bonds is 7. The molecule has 1 aliphatic rings. The maximum atomic E-state index is 11.6. The third-order valence-corrected chi connectivity index (χ3v) is 3.11. The SMILES string of the molecule is O=C(NCCCOC[C@@H]1CCCO1)Nc1ccccc1. The zero-order valence-electron chi connectivity index (χ0n) is 11.6. The van der Waals surface area contributed by atoms with Gasteiger partial charge in [0.2, 0.25) is 0 Å². The Balaban J connectivity index is 1.47. The fourth-order valence-corrected chi connectivity index (χ4v) is 2.06. The first kappa shape index (κ1) is 14.8. The number of amides is 2. The lowest BCUT2D eigenvalue weighted by Crippen LogP contribution is -2.30. The molecule has 0 radical (unpaired) electrons. The molecular weight excluding hydrogens is 256 g/mol. The molecule has 0 bridgehead atoms. The summed E-state index contributed by atoms with van der Waals surface area (Å²) in [5.74, 6) is 0. The number of para-hydroxylation sites is 1. The zero-order valence-corrected chi connectivity index (χ0v) is 11.6. The van der Waals surface area contributed by atoms with Crippen molar-refractivity contribution in [1.29, 1.82) is 0 Å². The summed E-state index contributed by atoms with van der Waals surface area (Å²) in [7, 11) is 0. The second-order valence-corrected chi connectivity index (χ2v) is 4.81. The van der Waals surface area contributed by atoms with Crippen molar-refractivity contribution in [3.8, 4) is 0 Å². The standard InChI is InChI=1S/C15H22N2O3/c18-15(17-13-6-2-1-3-7-13)16-9-5-10-19-12-14-8-4-11-20-14/h1-3,6-7,14H,4-5,8-12H2,(H2,16,17,18)/t14-/m0/s1. The van der Waals surface area contributed by atoms with Crippen molar-refractivity contribution in [1.82, 2.24) is 5.32 Å². The van der Waals surface area contributed by atoms with E-state index in [1.54, 1.807) is 0 Å². The van der Waals surface area contributed by atoms with E-state index in [-0.39, 0.29) is 12.1 Å². The van der Waals surface area contributed by atoms with Gasteiger partial charge in [-0.3, -0.25) is 0 Å². The van der Waals surface area contributed by atoms with Crippen LogP contribution in [0, 0.1) is 0 Å². The molecule has 1 fully saturated rings. The van der Waals surface area contributed by atoms with Crippen molar-refractivity contribution in [3.63, 3.8) is 0 Å². The molecule has 0 saturated carbocycles. The molecule has 2 N–H and O–H groups in total. The first-order chi connectivity index (χ1) is 9.84. The lowest BCUT2D eigenvalue weighted by atomic mass is 10.2. The molecule has 2 rings (SSSR count). The van der Waals surface area contributed by atoms with Crippen LogP contribution in [0.2, 0.25) is 0 Å². The molecule has 5 nitrogen and oxygen atoms in total. The third-order valence-electron chi connectivity index (χ3n) is 3.11. The molecule has 1 atom stereocenters. The molecule has 0 aromatic heterocycles. The summed E-state index contributed by atoms with van der Waals surface area (Å²) in [5, 5.41) is 5.56. The van der Waals surface area contributed by atoms with E-state index in [1.165, 1.54) is 0 Å². The first-order valence-corrected chi connectivity index (χ1v) is 7.14. The van der Waals surface area contributed by atoms with Gasteiger partial charge in [0, 0.05) is 25.4 Å². The molecule has 2 amide bonds. The highest BCUT2D eigenvalue weighted by molar-refractivity contribution is 5.89. The van der Waals surface area contributed by atoms with E-state index < -0.39 is 0 Å². The van der Waals surface area contributed by atoms with E-state index in [1.807, 2.05) is 30.3 Å². The minimum absolute atomic E-state index is 0.185. The summed E-state index contributed by atoms with van der Waals surface area (Å²) in [6, 6.07) is 9.20. The molecule has 1 aliphatic heterocycles. The van der Waals surface area contributed by atoms with E-state index >= 15 is 0 Å². The van der Waals surface area contributed by atoms with Crippen LogP contribution in [0.1, 0.15) is 19.3 Å². The molecule has 5 heteroatoms. The van der Waals surface area contributed by atoms with Crippen molar-refractivity contribution >= 4 is 11.7 Å². The average molecular weight is 278 g/mol. The third kappa shape index (κ3) is 5.59. The predicted molar refractivity (Wildman–Crippen MR) is 77.9 cm³/mol. The van der Waals surface area contributed by atoms with Crippen molar-refractivity contribution in [3.05, 3.63) is 30.3 Å². The quantitative estimate of drug-likeness (QED) is 0.753. The Morgan fingerprint density at radius 2 is 2.20 bits per heavy atom. The molecule has 1 aromatic carbocycles. The Kier molecular flexibility index (Phi) is 6.34. The Bertz CT molecular complexity index is 391. The van der Waals surface area contributed by atoms with Crippen LogP contribution in [0.15, 0.2) is 30.3 Å². The van der Waals surface area contributed by atoms with Gasteiger partial charge in [-0.25, -0.2) is 4.79 Å². The maximum absolute atomic E-state index is 11.6. The van der Waals surface area contributed by atoms with Crippen molar-refractivity contribution < 1.29 is 14.3 Å². The van der Waals surface area contributed by atoms with Gasteiger partial charge < -0.3 is 20.1 Å². The van der Waals surface area contributed by atoms with Crippen molar-refractivity contribution in [2.75, 3.05) is 31.7 Å². The van der Waals surface area contributed by atoms with Gasteiger partial charge >= 0.3 is 6.03 Å². The molecule has 0 unspecified atom stereocenters. The normalized spacial score (nSPS) is 17.9. The summed E-state index contributed by atoms with van der Waals surface area (Å²) in [6.45, 7) is 2.76. The molecule has 110 valence electrons. The highest BCUT2D eigenvalue weighted by Crippen LogP contribution is 2.11. The molecule has 1 heterocycles. The Hall–Kier alpha value is -1.59. The van der Waals surface area contributed by atoms with Gasteiger partial charge in [0.25, 0.3) is 0 Å². The number of hydrogen-bond donors (Lipinski definition) is 2. The molecule has 0 aliphatic carbocycles. The monoisotopic (exact) mass is 278 g/mol. The second kappa shape index (κ2) is 8.55. The van der Waals surface area contributed by atoms with Gasteiger partial charge in [0.1, 0.15) is 0 Å². The average Bonchev–Trinajstić information content (AvgIpc) is 2.97. The van der Waals surface area contributed by atoms with Crippen LogP contribution >= 0.6 is 0 Å². The van der Waals surface area contributed by atoms with Gasteiger partial charge in [-0.1, -0.05) is 18.2 Å². The van der Waals surface area contributed by atoms with E-state index in [0.717, 1.165) is 31.6 Å². The zero-order chi connectivity index (χ0) is 14.0. The summed E-state index contributed by atoms with van der Waals surface area (Å²) in [6.07, 6.45) is 3.30. The minimum atomic E-state index is -0.185. The molecular formula is C15H22N2O3. The lowest BCUT2D eigenvalue weighted by molar-refractivity contribution is 0.0168. The van der Waals surface area contributed by atoms with Gasteiger partial charge in [-0.05, 0) is 31.4 Å². The predicted octanol–water partition coefficient (Wildman–Crippen LogP) is 2.39. The Morgan fingerprint density at radius 1 is 1.35 bits per heavy atom. The fourth-order valence-electron chi connectivity index (χ4n) is 2.06. The smallest absolute Gasteiger partial charge is 0.319 e. The number of hydrogen-bond acceptors (Lipinski definition) is 3. The number of carbonyl (C=O) groups is 1. The fraction of sp³-hybridized carbons (Fsp3) is 0.533. The molecule has 1 saturated heterocycles. The lowest BCUT2D eigenvalue weighted by Gasteiger charge is -2.10. The van der Waals surface area contributed by atoms with Crippen LogP contribution in [-0.2, 0) is 9.47 Å². The summed E-state index contributed by atoms with van der Waals surface area (Å²) in [4.78, 5) is 11.6. The van der Waals surface area contributed by atoms with E-state index in [2.05, 4.69) is 10.6 Å². The number of benzene rings is 1. The largest absolute Gasteiger partial charge is 0.379 e. The number of nitrogens with one attached hydrogen (secondary N) is 2. The van der Waals surface area contributed by atoms with Crippen LogP contribution in [0.25, 0.3) is 0 Å². The number of carbonyl (C=O) groups excluding carboxylic acids is 1. The minimum Gasteiger partial charge on any atom is -0.379 e. The molecule has 20 heavy (non-hydrogen) atoms. The van der Waals surface area contributed by atoms with Crippen LogP contribution < -0.4 is 10.6 Å². The Morgan fingerprint density at radius 3 is 2.95 bits per heavy atom.